The number of alkyl halides is 3. The fourth-order valence-corrected chi connectivity index (χ4v) is 2.63. The molecule has 2 aromatic heterocycles. The molecule has 0 spiro atoms. The molecule has 1 aromatic carbocycles. The van der Waals surface area contributed by atoms with E-state index >= 15 is 0 Å². The zero-order chi connectivity index (χ0) is 19.8. The van der Waals surface area contributed by atoms with Crippen molar-refractivity contribution in [2.75, 3.05) is 11.1 Å². The smallest absolute Gasteiger partial charge is 0.383 e. The fraction of sp³-hybridized carbons (Fsp3) is 0.118. The minimum Gasteiger partial charge on any atom is -0.383 e. The van der Waals surface area contributed by atoms with Gasteiger partial charge in [0.25, 0.3) is 5.91 Å². The van der Waals surface area contributed by atoms with Crippen LogP contribution in [0.3, 0.4) is 0 Å². The molecule has 0 fully saturated rings. The van der Waals surface area contributed by atoms with Gasteiger partial charge in [0.05, 0.1) is 5.69 Å². The Morgan fingerprint density at radius 1 is 1.22 bits per heavy atom. The zero-order valence-corrected chi connectivity index (χ0v) is 14.6. The first-order valence-corrected chi connectivity index (χ1v) is 7.98. The van der Waals surface area contributed by atoms with Gasteiger partial charge in [-0.25, -0.2) is 4.98 Å². The Bertz CT molecular complexity index is 1020. The van der Waals surface area contributed by atoms with Crippen LogP contribution in [0.1, 0.15) is 16.2 Å². The number of amides is 1. The van der Waals surface area contributed by atoms with Crippen molar-refractivity contribution >= 4 is 29.0 Å². The number of rotatable bonds is 3. The van der Waals surface area contributed by atoms with E-state index in [1.807, 2.05) is 0 Å². The number of nitrogen functional groups attached to an aromatic ring is 1. The molecular formula is C17H13ClF3N5O. The summed E-state index contributed by atoms with van der Waals surface area (Å²) >= 11 is 5.86. The van der Waals surface area contributed by atoms with Gasteiger partial charge in [0.1, 0.15) is 11.5 Å². The number of halogens is 4. The Hall–Kier alpha value is -3.07. The third-order valence-electron chi connectivity index (χ3n) is 3.69. The maximum Gasteiger partial charge on any atom is 0.435 e. The molecular weight excluding hydrogens is 383 g/mol. The molecule has 0 unspecified atom stereocenters. The monoisotopic (exact) mass is 395 g/mol. The summed E-state index contributed by atoms with van der Waals surface area (Å²) in [5, 5.41) is 6.50. The first-order chi connectivity index (χ1) is 12.6. The van der Waals surface area contributed by atoms with Gasteiger partial charge in [-0.05, 0) is 36.4 Å². The van der Waals surface area contributed by atoms with Crippen LogP contribution < -0.4 is 11.1 Å². The predicted octanol–water partition coefficient (Wildman–Crippen LogP) is 3.99. The van der Waals surface area contributed by atoms with Gasteiger partial charge in [-0.1, -0.05) is 17.7 Å². The van der Waals surface area contributed by atoms with E-state index in [2.05, 4.69) is 15.4 Å². The average Bonchev–Trinajstić information content (AvgIpc) is 2.96. The molecule has 0 bridgehead atoms. The third-order valence-corrected chi connectivity index (χ3v) is 3.92. The topological polar surface area (TPSA) is 85.8 Å². The van der Waals surface area contributed by atoms with Gasteiger partial charge in [0.15, 0.2) is 5.69 Å². The molecule has 3 rings (SSSR count). The number of pyridine rings is 1. The highest BCUT2D eigenvalue weighted by Crippen LogP contribution is 2.32. The lowest BCUT2D eigenvalue weighted by Crippen LogP contribution is -2.14. The lowest BCUT2D eigenvalue weighted by Gasteiger charge is -2.09. The van der Waals surface area contributed by atoms with Crippen LogP contribution in [0.4, 0.5) is 24.7 Å². The molecule has 0 aliphatic rings. The molecule has 2 heterocycles. The maximum atomic E-state index is 12.8. The molecule has 0 saturated carbocycles. The number of nitrogens with zero attached hydrogens (tertiary/aromatic N) is 3. The molecule has 140 valence electrons. The number of nitrogens with two attached hydrogens (primary N) is 1. The number of carbonyl (C=O) groups excluding carboxylic acids is 1. The zero-order valence-electron chi connectivity index (χ0n) is 13.9. The van der Waals surface area contributed by atoms with Crippen LogP contribution in [0.5, 0.6) is 0 Å². The Kier molecular flexibility index (Phi) is 4.79. The normalized spacial score (nSPS) is 11.4. The molecule has 3 aromatic rings. The number of nitrogens with one attached hydrogen (secondary N) is 1. The van der Waals surface area contributed by atoms with E-state index in [0.29, 0.717) is 10.7 Å². The van der Waals surface area contributed by atoms with Crippen molar-refractivity contribution in [3.05, 3.63) is 58.9 Å². The van der Waals surface area contributed by atoms with Gasteiger partial charge in [0.2, 0.25) is 0 Å². The van der Waals surface area contributed by atoms with Crippen LogP contribution in [0.25, 0.3) is 11.3 Å². The van der Waals surface area contributed by atoms with Gasteiger partial charge in [0, 0.05) is 23.3 Å². The van der Waals surface area contributed by atoms with Crippen LogP contribution >= 0.6 is 11.6 Å². The van der Waals surface area contributed by atoms with E-state index < -0.39 is 17.8 Å². The Labute approximate surface area is 156 Å². The second-order valence-corrected chi connectivity index (χ2v) is 6.07. The lowest BCUT2D eigenvalue weighted by atomic mass is 10.1. The van der Waals surface area contributed by atoms with Gasteiger partial charge in [-0.2, -0.15) is 18.3 Å². The van der Waals surface area contributed by atoms with E-state index in [-0.39, 0.29) is 22.8 Å². The van der Waals surface area contributed by atoms with E-state index in [1.54, 1.807) is 24.3 Å². The third kappa shape index (κ3) is 4.03. The number of hydrogen-bond donors (Lipinski definition) is 2. The molecule has 0 aliphatic carbocycles. The van der Waals surface area contributed by atoms with Gasteiger partial charge < -0.3 is 11.1 Å². The number of benzene rings is 1. The van der Waals surface area contributed by atoms with Crippen molar-refractivity contribution in [1.82, 2.24) is 14.8 Å². The molecule has 0 saturated heterocycles. The van der Waals surface area contributed by atoms with Gasteiger partial charge >= 0.3 is 6.18 Å². The highest BCUT2D eigenvalue weighted by molar-refractivity contribution is 6.30. The minimum atomic E-state index is -4.57. The maximum absolute atomic E-state index is 12.8. The summed E-state index contributed by atoms with van der Waals surface area (Å²) in [4.78, 5) is 16.3. The summed E-state index contributed by atoms with van der Waals surface area (Å²) in [5.74, 6) is -0.623. The van der Waals surface area contributed by atoms with Crippen LogP contribution in [0.15, 0.2) is 42.5 Å². The van der Waals surface area contributed by atoms with E-state index in [4.69, 9.17) is 17.3 Å². The summed E-state index contributed by atoms with van der Waals surface area (Å²) in [6.45, 7) is 0. The quantitative estimate of drug-likeness (QED) is 0.702. The van der Waals surface area contributed by atoms with Crippen molar-refractivity contribution in [3.8, 4) is 11.3 Å². The molecule has 3 N–H and O–H groups in total. The highest BCUT2D eigenvalue weighted by Gasteiger charge is 2.35. The number of hydrogen-bond acceptors (Lipinski definition) is 4. The van der Waals surface area contributed by atoms with Gasteiger partial charge in [-0.15, -0.1) is 0 Å². The van der Waals surface area contributed by atoms with Crippen molar-refractivity contribution in [1.29, 1.82) is 0 Å². The minimum absolute atomic E-state index is 0.00874. The fourth-order valence-electron chi connectivity index (χ4n) is 2.44. The van der Waals surface area contributed by atoms with Crippen molar-refractivity contribution in [3.63, 3.8) is 0 Å². The molecule has 27 heavy (non-hydrogen) atoms. The summed E-state index contributed by atoms with van der Waals surface area (Å²) in [7, 11) is 1.36. The number of anilines is 2. The van der Waals surface area contributed by atoms with Crippen LogP contribution in [0.2, 0.25) is 5.02 Å². The lowest BCUT2D eigenvalue weighted by molar-refractivity contribution is -0.141. The first kappa shape index (κ1) is 18.7. The summed E-state index contributed by atoms with van der Waals surface area (Å²) in [5.41, 5.74) is 5.67. The molecule has 0 aliphatic heterocycles. The summed E-state index contributed by atoms with van der Waals surface area (Å²) < 4.78 is 39.5. The molecule has 0 radical (unpaired) electrons. The second-order valence-electron chi connectivity index (χ2n) is 5.63. The van der Waals surface area contributed by atoms with Crippen molar-refractivity contribution in [2.45, 2.75) is 6.18 Å². The Morgan fingerprint density at radius 3 is 2.56 bits per heavy atom. The van der Waals surface area contributed by atoms with E-state index in [1.165, 1.54) is 19.2 Å². The predicted molar refractivity (Wildman–Crippen MR) is 95.3 cm³/mol. The first-order valence-electron chi connectivity index (χ1n) is 7.60. The van der Waals surface area contributed by atoms with Crippen LogP contribution in [-0.2, 0) is 13.2 Å². The number of aryl methyl sites for hydroxylation is 1. The van der Waals surface area contributed by atoms with E-state index in [0.717, 1.165) is 10.7 Å². The number of carbonyl (C=O) groups is 1. The molecule has 6 nitrogen and oxygen atoms in total. The average molecular weight is 396 g/mol. The van der Waals surface area contributed by atoms with Gasteiger partial charge in [-0.3, -0.25) is 9.48 Å². The van der Waals surface area contributed by atoms with Crippen molar-refractivity contribution < 1.29 is 18.0 Å². The summed E-state index contributed by atoms with van der Waals surface area (Å²) in [6.07, 6.45) is -4.57. The standard InChI is InChI=1S/C17H13ClF3N5O/c1-26-13(8-14(25-26)17(19,20)21)11-5-6-12(24-15(11)22)16(27)23-10-4-2-3-9(18)7-10/h2-8H,1H3,(H2,22,24)(H,23,27). The Balaban J connectivity index is 1.88. The highest BCUT2D eigenvalue weighted by atomic mass is 35.5. The largest absolute Gasteiger partial charge is 0.435 e. The summed E-state index contributed by atoms with van der Waals surface area (Å²) in [6, 6.07) is 10.2. The number of aromatic nitrogens is 3. The van der Waals surface area contributed by atoms with E-state index in [9.17, 15) is 18.0 Å². The van der Waals surface area contributed by atoms with Crippen LogP contribution in [0, 0.1) is 0 Å². The second kappa shape index (κ2) is 6.92. The van der Waals surface area contributed by atoms with Crippen LogP contribution in [-0.4, -0.2) is 20.7 Å². The SMILES string of the molecule is Cn1nc(C(F)(F)F)cc1-c1ccc(C(=O)Nc2cccc(Cl)c2)nc1N. The Morgan fingerprint density at radius 2 is 1.96 bits per heavy atom. The molecule has 0 atom stereocenters. The molecule has 1 amide bonds. The van der Waals surface area contributed by atoms with Crippen molar-refractivity contribution in [2.24, 2.45) is 7.05 Å². The molecule has 10 heteroatoms.